The molecule has 0 amide bonds. The maximum absolute atomic E-state index is 13.1. The van der Waals surface area contributed by atoms with Crippen LogP contribution in [0.2, 0.25) is 0 Å². The first-order chi connectivity index (χ1) is 12.1. The fourth-order valence-corrected chi connectivity index (χ4v) is 3.42. The first-order valence-corrected chi connectivity index (χ1v) is 8.73. The summed E-state index contributed by atoms with van der Waals surface area (Å²) in [7, 11) is 0. The summed E-state index contributed by atoms with van der Waals surface area (Å²) in [5.41, 5.74) is 2.27. The highest BCUT2D eigenvalue weighted by molar-refractivity contribution is 5.25. The summed E-state index contributed by atoms with van der Waals surface area (Å²) in [6, 6.07) is 14.2. The zero-order valence-electron chi connectivity index (χ0n) is 14.3. The topological polar surface area (TPSA) is 46.9 Å². The zero-order chi connectivity index (χ0) is 17.6. The third-order valence-corrected chi connectivity index (χ3v) is 4.79. The number of nitrogens with zero attached hydrogens (tertiary/aromatic N) is 2. The highest BCUT2D eigenvalue weighted by Gasteiger charge is 2.26. The summed E-state index contributed by atoms with van der Waals surface area (Å²) in [6.07, 6.45) is 0.729. The number of piperazine rings is 1. The molecular formula is C20H25FN2O2. The van der Waals surface area contributed by atoms with Crippen molar-refractivity contribution in [2.45, 2.75) is 25.6 Å². The van der Waals surface area contributed by atoms with Gasteiger partial charge in [-0.1, -0.05) is 24.3 Å². The maximum Gasteiger partial charge on any atom is 0.123 e. The van der Waals surface area contributed by atoms with Crippen LogP contribution < -0.4 is 0 Å². The normalized spacial score (nSPS) is 19.2. The van der Waals surface area contributed by atoms with E-state index in [4.69, 9.17) is 0 Å². The van der Waals surface area contributed by atoms with E-state index in [0.29, 0.717) is 0 Å². The van der Waals surface area contributed by atoms with Crippen molar-refractivity contribution in [2.75, 3.05) is 26.2 Å². The van der Waals surface area contributed by atoms with E-state index >= 15 is 0 Å². The lowest BCUT2D eigenvalue weighted by Gasteiger charge is -2.41. The molecule has 1 heterocycles. The van der Waals surface area contributed by atoms with Gasteiger partial charge in [0, 0.05) is 45.4 Å². The number of aliphatic hydroxyl groups excluding tert-OH is 1. The molecule has 1 fully saturated rings. The van der Waals surface area contributed by atoms with Gasteiger partial charge < -0.3 is 10.2 Å². The largest absolute Gasteiger partial charge is 0.508 e. The molecular weight excluding hydrogens is 319 g/mol. The quantitative estimate of drug-likeness (QED) is 0.846. The van der Waals surface area contributed by atoms with Crippen LogP contribution >= 0.6 is 0 Å². The minimum Gasteiger partial charge on any atom is -0.508 e. The number of aromatic hydroxyl groups is 1. The van der Waals surface area contributed by atoms with Gasteiger partial charge in [-0.15, -0.1) is 0 Å². The van der Waals surface area contributed by atoms with Gasteiger partial charge in [-0.05, 0) is 41.8 Å². The molecule has 4 nitrogen and oxygen atoms in total. The van der Waals surface area contributed by atoms with Crippen molar-refractivity contribution in [1.82, 2.24) is 9.80 Å². The summed E-state index contributed by atoms with van der Waals surface area (Å²) >= 11 is 0. The molecule has 1 atom stereocenters. The molecule has 2 N–H and O–H groups in total. The van der Waals surface area contributed by atoms with Gasteiger partial charge in [0.1, 0.15) is 11.6 Å². The molecule has 1 aliphatic rings. The van der Waals surface area contributed by atoms with Gasteiger partial charge in [-0.25, -0.2) is 4.39 Å². The van der Waals surface area contributed by atoms with Crippen LogP contribution in [0.15, 0.2) is 48.5 Å². The van der Waals surface area contributed by atoms with Crippen molar-refractivity contribution in [2.24, 2.45) is 0 Å². The minimum atomic E-state index is -0.214. The van der Waals surface area contributed by atoms with Crippen LogP contribution in [-0.4, -0.2) is 52.3 Å². The van der Waals surface area contributed by atoms with E-state index in [1.807, 2.05) is 24.3 Å². The predicted octanol–water partition coefficient (Wildman–Crippen LogP) is 2.60. The lowest BCUT2D eigenvalue weighted by atomic mass is 10.1. The molecule has 2 aromatic carbocycles. The molecule has 0 saturated carbocycles. The van der Waals surface area contributed by atoms with Gasteiger partial charge in [-0.2, -0.15) is 0 Å². The first kappa shape index (κ1) is 17.9. The number of benzene rings is 2. The minimum absolute atomic E-state index is 0.164. The van der Waals surface area contributed by atoms with Gasteiger partial charge in [-0.3, -0.25) is 9.80 Å². The molecule has 0 radical (unpaired) electrons. The summed E-state index contributed by atoms with van der Waals surface area (Å²) in [6.45, 7) is 4.54. The number of hydrogen-bond acceptors (Lipinski definition) is 4. The monoisotopic (exact) mass is 344 g/mol. The Labute approximate surface area is 148 Å². The third-order valence-electron chi connectivity index (χ3n) is 4.79. The van der Waals surface area contributed by atoms with Crippen LogP contribution in [0.4, 0.5) is 4.39 Å². The van der Waals surface area contributed by atoms with Crippen LogP contribution in [0.1, 0.15) is 17.5 Å². The molecule has 134 valence electrons. The summed E-state index contributed by atoms with van der Waals surface area (Å²) in [4.78, 5) is 4.75. The third kappa shape index (κ3) is 5.01. The first-order valence-electron chi connectivity index (χ1n) is 8.73. The van der Waals surface area contributed by atoms with Gasteiger partial charge in [0.05, 0.1) is 0 Å². The molecule has 0 aliphatic carbocycles. The van der Waals surface area contributed by atoms with Gasteiger partial charge in [0.2, 0.25) is 0 Å². The molecule has 25 heavy (non-hydrogen) atoms. The van der Waals surface area contributed by atoms with Crippen molar-refractivity contribution < 1.29 is 14.6 Å². The average Bonchev–Trinajstić information content (AvgIpc) is 2.61. The second kappa shape index (κ2) is 8.43. The molecule has 0 unspecified atom stereocenters. The van der Waals surface area contributed by atoms with Gasteiger partial charge >= 0.3 is 0 Å². The molecule has 0 spiro atoms. The SMILES string of the molecule is OCC[C@@H]1CN(Cc2ccc(O)cc2)CCN1Cc1ccc(F)cc1. The van der Waals surface area contributed by atoms with E-state index in [1.165, 1.54) is 17.7 Å². The summed E-state index contributed by atoms with van der Waals surface area (Å²) in [5, 5.41) is 18.8. The fraction of sp³-hybridized carbons (Fsp3) is 0.400. The molecule has 0 aromatic heterocycles. The lowest BCUT2D eigenvalue weighted by Crippen LogP contribution is -2.52. The number of phenols is 1. The Hall–Kier alpha value is -1.95. The Morgan fingerprint density at radius 1 is 0.920 bits per heavy atom. The van der Waals surface area contributed by atoms with E-state index in [1.54, 1.807) is 12.1 Å². The van der Waals surface area contributed by atoms with E-state index in [2.05, 4.69) is 9.80 Å². The van der Waals surface area contributed by atoms with Crippen molar-refractivity contribution in [3.8, 4) is 5.75 Å². The standard InChI is InChI=1S/C20H25FN2O2/c21-18-5-1-17(2-6-18)14-23-11-10-22(15-19(23)9-12-24)13-16-3-7-20(25)8-4-16/h1-8,19,24-25H,9-15H2/t19-/m1/s1. The highest BCUT2D eigenvalue weighted by Crippen LogP contribution is 2.19. The molecule has 1 saturated heterocycles. The average molecular weight is 344 g/mol. The number of phenolic OH excluding ortho intramolecular Hbond substituents is 1. The van der Waals surface area contributed by atoms with Crippen LogP contribution in [0.5, 0.6) is 5.75 Å². The fourth-order valence-electron chi connectivity index (χ4n) is 3.42. The zero-order valence-corrected chi connectivity index (χ0v) is 14.3. The predicted molar refractivity (Wildman–Crippen MR) is 95.7 cm³/mol. The Balaban J connectivity index is 1.61. The number of aliphatic hydroxyl groups is 1. The van der Waals surface area contributed by atoms with Gasteiger partial charge in [0.15, 0.2) is 0 Å². The van der Waals surface area contributed by atoms with Crippen molar-refractivity contribution >= 4 is 0 Å². The molecule has 2 aromatic rings. The van der Waals surface area contributed by atoms with E-state index < -0.39 is 0 Å². The molecule has 3 rings (SSSR count). The van der Waals surface area contributed by atoms with E-state index in [0.717, 1.165) is 44.7 Å². The van der Waals surface area contributed by atoms with Crippen LogP contribution in [-0.2, 0) is 13.1 Å². The number of rotatable bonds is 6. The van der Waals surface area contributed by atoms with Crippen molar-refractivity contribution in [3.05, 3.63) is 65.5 Å². The van der Waals surface area contributed by atoms with Crippen LogP contribution in [0.25, 0.3) is 0 Å². The summed E-state index contributed by atoms with van der Waals surface area (Å²) in [5.74, 6) is 0.0698. The maximum atomic E-state index is 13.1. The Morgan fingerprint density at radius 3 is 2.24 bits per heavy atom. The second-order valence-electron chi connectivity index (χ2n) is 6.66. The molecule has 5 heteroatoms. The molecule has 1 aliphatic heterocycles. The second-order valence-corrected chi connectivity index (χ2v) is 6.66. The van der Waals surface area contributed by atoms with Crippen LogP contribution in [0.3, 0.4) is 0 Å². The van der Waals surface area contributed by atoms with E-state index in [9.17, 15) is 14.6 Å². The van der Waals surface area contributed by atoms with Gasteiger partial charge in [0.25, 0.3) is 0 Å². The Kier molecular flexibility index (Phi) is 6.02. The smallest absolute Gasteiger partial charge is 0.123 e. The van der Waals surface area contributed by atoms with Crippen molar-refractivity contribution in [1.29, 1.82) is 0 Å². The summed E-state index contributed by atoms with van der Waals surface area (Å²) < 4.78 is 13.1. The number of halogens is 1. The Bertz CT molecular complexity index is 660. The van der Waals surface area contributed by atoms with Crippen molar-refractivity contribution in [3.63, 3.8) is 0 Å². The molecule has 0 bridgehead atoms. The Morgan fingerprint density at radius 2 is 1.56 bits per heavy atom. The van der Waals surface area contributed by atoms with Crippen LogP contribution in [0, 0.1) is 5.82 Å². The van der Waals surface area contributed by atoms with E-state index in [-0.39, 0.29) is 24.2 Å². The lowest BCUT2D eigenvalue weighted by molar-refractivity contribution is 0.0499. The highest BCUT2D eigenvalue weighted by atomic mass is 19.1. The number of hydrogen-bond donors (Lipinski definition) is 2.